The molecule has 1 heterocycles. The van der Waals surface area contributed by atoms with Gasteiger partial charge in [0.1, 0.15) is 0 Å². The predicted octanol–water partition coefficient (Wildman–Crippen LogP) is 3.02. The third kappa shape index (κ3) is 4.39. The Morgan fingerprint density at radius 3 is 2.78 bits per heavy atom. The van der Waals surface area contributed by atoms with Gasteiger partial charge in [-0.15, -0.1) is 0 Å². The lowest BCUT2D eigenvalue weighted by atomic mass is 10.2. The van der Waals surface area contributed by atoms with Crippen LogP contribution in [0.1, 0.15) is 37.7 Å². The highest BCUT2D eigenvalue weighted by Gasteiger charge is 2.30. The molecule has 0 aromatic heterocycles. The van der Waals surface area contributed by atoms with E-state index in [2.05, 4.69) is 20.5 Å². The Morgan fingerprint density at radius 1 is 1.26 bits per heavy atom. The second kappa shape index (κ2) is 8.02. The fourth-order valence-electron chi connectivity index (χ4n) is 3.71. The van der Waals surface area contributed by atoms with Crippen molar-refractivity contribution in [3.8, 4) is 0 Å². The van der Waals surface area contributed by atoms with Crippen molar-refractivity contribution in [3.05, 3.63) is 34.9 Å². The highest BCUT2D eigenvalue weighted by atomic mass is 35.5. The number of hydrogen-bond acceptors (Lipinski definition) is 2. The number of hydrogen-bond donors (Lipinski definition) is 2. The smallest absolute Gasteiger partial charge is 0.191 e. The molecule has 0 radical (unpaired) electrons. The van der Waals surface area contributed by atoms with E-state index in [4.69, 9.17) is 11.6 Å². The SMILES string of the molecule is CN=C(NCc1ccccc1Cl)NC1CCN(C2CCCC2)C1. The van der Waals surface area contributed by atoms with Crippen molar-refractivity contribution >= 4 is 17.6 Å². The highest BCUT2D eigenvalue weighted by Crippen LogP contribution is 2.26. The van der Waals surface area contributed by atoms with E-state index in [0.717, 1.165) is 29.1 Å². The van der Waals surface area contributed by atoms with Gasteiger partial charge in [-0.25, -0.2) is 0 Å². The lowest BCUT2D eigenvalue weighted by Gasteiger charge is -2.24. The first-order chi connectivity index (χ1) is 11.3. The van der Waals surface area contributed by atoms with Crippen LogP contribution in [-0.2, 0) is 6.54 Å². The maximum Gasteiger partial charge on any atom is 0.191 e. The van der Waals surface area contributed by atoms with Gasteiger partial charge in [0.2, 0.25) is 0 Å². The van der Waals surface area contributed by atoms with E-state index in [1.165, 1.54) is 38.6 Å². The van der Waals surface area contributed by atoms with Crippen LogP contribution in [0.2, 0.25) is 5.02 Å². The number of nitrogens with zero attached hydrogens (tertiary/aromatic N) is 2. The van der Waals surface area contributed by atoms with Gasteiger partial charge in [0.15, 0.2) is 5.96 Å². The van der Waals surface area contributed by atoms with Crippen LogP contribution < -0.4 is 10.6 Å². The molecule has 1 unspecified atom stereocenters. The van der Waals surface area contributed by atoms with E-state index in [9.17, 15) is 0 Å². The molecule has 2 fully saturated rings. The summed E-state index contributed by atoms with van der Waals surface area (Å²) in [5.41, 5.74) is 1.09. The summed E-state index contributed by atoms with van der Waals surface area (Å²) in [5.74, 6) is 0.864. The van der Waals surface area contributed by atoms with Crippen LogP contribution in [0.25, 0.3) is 0 Å². The minimum absolute atomic E-state index is 0.494. The maximum absolute atomic E-state index is 6.21. The average molecular weight is 335 g/mol. The fraction of sp³-hybridized carbons (Fsp3) is 0.611. The van der Waals surface area contributed by atoms with E-state index in [1.807, 2.05) is 31.3 Å². The zero-order valence-electron chi connectivity index (χ0n) is 13.9. The van der Waals surface area contributed by atoms with Crippen molar-refractivity contribution in [1.29, 1.82) is 0 Å². The molecule has 3 rings (SSSR count). The average Bonchev–Trinajstić information content (AvgIpc) is 3.24. The molecule has 0 amide bonds. The fourth-order valence-corrected chi connectivity index (χ4v) is 3.92. The monoisotopic (exact) mass is 334 g/mol. The molecule has 126 valence electrons. The number of halogens is 1. The molecule has 4 nitrogen and oxygen atoms in total. The molecule has 1 saturated carbocycles. The Hall–Kier alpha value is -1.26. The van der Waals surface area contributed by atoms with Crippen LogP contribution >= 0.6 is 11.6 Å². The van der Waals surface area contributed by atoms with Gasteiger partial charge in [-0.2, -0.15) is 0 Å². The maximum atomic E-state index is 6.21. The predicted molar refractivity (Wildman–Crippen MR) is 97.0 cm³/mol. The summed E-state index contributed by atoms with van der Waals surface area (Å²) in [4.78, 5) is 7.01. The van der Waals surface area contributed by atoms with Gasteiger partial charge >= 0.3 is 0 Å². The van der Waals surface area contributed by atoms with Gasteiger partial charge in [-0.3, -0.25) is 9.89 Å². The molecular weight excluding hydrogens is 308 g/mol. The van der Waals surface area contributed by atoms with Crippen LogP contribution in [-0.4, -0.2) is 43.1 Å². The zero-order chi connectivity index (χ0) is 16.1. The van der Waals surface area contributed by atoms with E-state index >= 15 is 0 Å². The molecular formula is C18H27ClN4. The summed E-state index contributed by atoms with van der Waals surface area (Å²) in [7, 11) is 1.83. The lowest BCUT2D eigenvalue weighted by molar-refractivity contribution is 0.242. The first-order valence-corrected chi connectivity index (χ1v) is 9.08. The molecule has 1 aliphatic carbocycles. The summed E-state index contributed by atoms with van der Waals surface area (Å²) in [5, 5.41) is 7.73. The molecule has 0 spiro atoms. The van der Waals surface area contributed by atoms with Gasteiger partial charge in [0.25, 0.3) is 0 Å². The minimum atomic E-state index is 0.494. The Labute approximate surface area is 144 Å². The first-order valence-electron chi connectivity index (χ1n) is 8.71. The second-order valence-corrected chi connectivity index (χ2v) is 6.99. The number of rotatable bonds is 4. The molecule has 5 heteroatoms. The van der Waals surface area contributed by atoms with E-state index in [-0.39, 0.29) is 0 Å². The highest BCUT2D eigenvalue weighted by molar-refractivity contribution is 6.31. The van der Waals surface area contributed by atoms with Crippen molar-refractivity contribution in [2.24, 2.45) is 4.99 Å². The Bertz CT molecular complexity index is 540. The number of guanidine groups is 1. The normalized spacial score (nSPS) is 23.4. The standard InChI is InChI=1S/C18H27ClN4/c1-20-18(21-12-14-6-2-5-9-17(14)19)22-15-10-11-23(13-15)16-7-3-4-8-16/h2,5-6,9,15-16H,3-4,7-8,10-13H2,1H3,(H2,20,21,22). The van der Waals surface area contributed by atoms with Crippen LogP contribution in [0, 0.1) is 0 Å². The largest absolute Gasteiger partial charge is 0.352 e. The Morgan fingerprint density at radius 2 is 2.04 bits per heavy atom. The first kappa shape index (κ1) is 16.6. The van der Waals surface area contributed by atoms with Gasteiger partial charge in [-0.05, 0) is 30.9 Å². The topological polar surface area (TPSA) is 39.7 Å². The van der Waals surface area contributed by atoms with E-state index in [1.54, 1.807) is 0 Å². The van der Waals surface area contributed by atoms with Crippen LogP contribution in [0.3, 0.4) is 0 Å². The van der Waals surface area contributed by atoms with Gasteiger partial charge in [0, 0.05) is 43.8 Å². The van der Waals surface area contributed by atoms with Crippen molar-refractivity contribution in [1.82, 2.24) is 15.5 Å². The molecule has 23 heavy (non-hydrogen) atoms. The molecule has 1 saturated heterocycles. The zero-order valence-corrected chi connectivity index (χ0v) is 14.6. The van der Waals surface area contributed by atoms with Crippen molar-refractivity contribution in [2.45, 2.75) is 50.7 Å². The number of nitrogens with one attached hydrogen (secondary N) is 2. The summed E-state index contributed by atoms with van der Waals surface area (Å²) < 4.78 is 0. The Balaban J connectivity index is 1.47. The third-order valence-corrected chi connectivity index (χ3v) is 5.40. The molecule has 1 atom stereocenters. The summed E-state index contributed by atoms with van der Waals surface area (Å²) >= 11 is 6.21. The van der Waals surface area contributed by atoms with E-state index < -0.39 is 0 Å². The minimum Gasteiger partial charge on any atom is -0.352 e. The Kier molecular flexibility index (Phi) is 5.79. The quantitative estimate of drug-likeness (QED) is 0.657. The van der Waals surface area contributed by atoms with Crippen LogP contribution in [0.5, 0.6) is 0 Å². The molecule has 0 bridgehead atoms. The van der Waals surface area contributed by atoms with Crippen LogP contribution in [0.4, 0.5) is 0 Å². The van der Waals surface area contributed by atoms with Gasteiger partial charge < -0.3 is 10.6 Å². The van der Waals surface area contributed by atoms with Crippen LogP contribution in [0.15, 0.2) is 29.3 Å². The molecule has 1 aromatic rings. The van der Waals surface area contributed by atoms with E-state index in [0.29, 0.717) is 12.6 Å². The molecule has 1 aliphatic heterocycles. The number of benzene rings is 1. The number of likely N-dealkylation sites (tertiary alicyclic amines) is 1. The summed E-state index contributed by atoms with van der Waals surface area (Å²) in [6.07, 6.45) is 6.77. The van der Waals surface area contributed by atoms with Crippen molar-refractivity contribution in [2.75, 3.05) is 20.1 Å². The third-order valence-electron chi connectivity index (χ3n) is 5.03. The molecule has 2 aliphatic rings. The molecule has 1 aromatic carbocycles. The van der Waals surface area contributed by atoms with Crippen molar-refractivity contribution in [3.63, 3.8) is 0 Å². The lowest BCUT2D eigenvalue weighted by Crippen LogP contribution is -2.45. The summed E-state index contributed by atoms with van der Waals surface area (Å²) in [6, 6.07) is 9.24. The second-order valence-electron chi connectivity index (χ2n) is 6.58. The molecule has 2 N–H and O–H groups in total. The van der Waals surface area contributed by atoms with Gasteiger partial charge in [0.05, 0.1) is 0 Å². The van der Waals surface area contributed by atoms with Crippen molar-refractivity contribution < 1.29 is 0 Å². The van der Waals surface area contributed by atoms with Gasteiger partial charge in [-0.1, -0.05) is 42.6 Å². The summed E-state index contributed by atoms with van der Waals surface area (Å²) in [6.45, 7) is 3.04. The number of aliphatic imine (C=N–C) groups is 1.